The molecule has 19 heavy (non-hydrogen) atoms. The number of hydrogen-bond acceptors (Lipinski definition) is 3. The lowest BCUT2D eigenvalue weighted by Crippen LogP contribution is -2.22. The number of hydrogen-bond donors (Lipinski definition) is 1. The Bertz CT molecular complexity index is 500. The number of nitrogens with one attached hydrogen (secondary N) is 1. The maximum Gasteiger partial charge on any atom is 0.0300 e. The van der Waals surface area contributed by atoms with Crippen molar-refractivity contribution in [1.82, 2.24) is 5.32 Å². The van der Waals surface area contributed by atoms with Gasteiger partial charge in [0.1, 0.15) is 0 Å². The van der Waals surface area contributed by atoms with Crippen molar-refractivity contribution in [3.8, 4) is 11.1 Å². The van der Waals surface area contributed by atoms with Gasteiger partial charge in [0.05, 0.1) is 0 Å². The maximum atomic E-state index is 3.60. The van der Waals surface area contributed by atoms with Crippen LogP contribution < -0.4 is 5.32 Å². The van der Waals surface area contributed by atoms with Crippen LogP contribution in [0.1, 0.15) is 17.7 Å². The van der Waals surface area contributed by atoms with E-state index in [1.165, 1.54) is 34.6 Å². The highest BCUT2D eigenvalue weighted by atomic mass is 32.2. The molecule has 1 aromatic heterocycles. The van der Waals surface area contributed by atoms with Crippen LogP contribution in [0.25, 0.3) is 11.1 Å². The molecular weight excluding hydrogens is 270 g/mol. The van der Waals surface area contributed by atoms with E-state index in [0.29, 0.717) is 0 Å². The summed E-state index contributed by atoms with van der Waals surface area (Å²) in [6, 6.07) is 12.9. The highest BCUT2D eigenvalue weighted by molar-refractivity contribution is 8.00. The zero-order chi connectivity index (χ0) is 12.9. The quantitative estimate of drug-likeness (QED) is 0.875. The van der Waals surface area contributed by atoms with Gasteiger partial charge in [0.15, 0.2) is 0 Å². The van der Waals surface area contributed by atoms with E-state index < -0.39 is 0 Å². The molecule has 0 bridgehead atoms. The van der Waals surface area contributed by atoms with E-state index in [4.69, 9.17) is 0 Å². The van der Waals surface area contributed by atoms with Crippen LogP contribution in [-0.2, 0) is 6.54 Å². The van der Waals surface area contributed by atoms with E-state index in [2.05, 4.69) is 58.9 Å². The number of rotatable bonds is 5. The number of thioether (sulfide) groups is 1. The third-order valence-corrected chi connectivity index (χ3v) is 5.79. The Labute approximate surface area is 123 Å². The van der Waals surface area contributed by atoms with Gasteiger partial charge in [-0.15, -0.1) is 11.3 Å². The fourth-order valence-corrected chi connectivity index (χ4v) is 4.52. The second-order valence-electron chi connectivity index (χ2n) is 4.93. The summed E-state index contributed by atoms with van der Waals surface area (Å²) in [5.41, 5.74) is 2.66. The van der Waals surface area contributed by atoms with Gasteiger partial charge in [0.2, 0.25) is 0 Å². The SMILES string of the molecule is c1ccc(-c2csc(CNCC3CCCS3)c2)cc1. The summed E-state index contributed by atoms with van der Waals surface area (Å²) in [7, 11) is 0. The van der Waals surface area contributed by atoms with Crippen LogP contribution in [0.15, 0.2) is 41.8 Å². The first-order valence-electron chi connectivity index (χ1n) is 6.87. The van der Waals surface area contributed by atoms with Crippen LogP contribution in [0.2, 0.25) is 0 Å². The molecule has 1 unspecified atom stereocenters. The Morgan fingerprint density at radius 3 is 2.84 bits per heavy atom. The topological polar surface area (TPSA) is 12.0 Å². The zero-order valence-corrected chi connectivity index (χ0v) is 12.6. The van der Waals surface area contributed by atoms with E-state index in [-0.39, 0.29) is 0 Å². The van der Waals surface area contributed by atoms with E-state index in [9.17, 15) is 0 Å². The van der Waals surface area contributed by atoms with E-state index in [1.54, 1.807) is 0 Å². The first kappa shape index (κ1) is 13.2. The smallest absolute Gasteiger partial charge is 0.0300 e. The highest BCUT2D eigenvalue weighted by Crippen LogP contribution is 2.27. The largest absolute Gasteiger partial charge is 0.311 e. The van der Waals surface area contributed by atoms with Crippen molar-refractivity contribution < 1.29 is 0 Å². The lowest BCUT2D eigenvalue weighted by atomic mass is 10.1. The van der Waals surface area contributed by atoms with Gasteiger partial charge in [-0.3, -0.25) is 0 Å². The summed E-state index contributed by atoms with van der Waals surface area (Å²) in [5, 5.41) is 6.70. The monoisotopic (exact) mass is 289 g/mol. The molecular formula is C16H19NS2. The second-order valence-corrected chi connectivity index (χ2v) is 7.34. The van der Waals surface area contributed by atoms with Crippen LogP contribution in [0, 0.1) is 0 Å². The molecule has 2 aromatic rings. The van der Waals surface area contributed by atoms with Crippen molar-refractivity contribution in [1.29, 1.82) is 0 Å². The van der Waals surface area contributed by atoms with Crippen molar-refractivity contribution >= 4 is 23.1 Å². The fourth-order valence-electron chi connectivity index (χ4n) is 2.42. The molecule has 1 atom stereocenters. The Morgan fingerprint density at radius 2 is 2.05 bits per heavy atom. The minimum atomic E-state index is 0.841. The number of benzene rings is 1. The average Bonchev–Trinajstić information content (AvgIpc) is 3.11. The zero-order valence-electron chi connectivity index (χ0n) is 11.0. The molecule has 0 radical (unpaired) electrons. The molecule has 1 saturated heterocycles. The molecule has 1 aromatic carbocycles. The lowest BCUT2D eigenvalue weighted by molar-refractivity contribution is 0.650. The van der Waals surface area contributed by atoms with Gasteiger partial charge in [-0.2, -0.15) is 11.8 Å². The van der Waals surface area contributed by atoms with Crippen LogP contribution >= 0.6 is 23.1 Å². The second kappa shape index (κ2) is 6.60. The number of thiophene rings is 1. The van der Waals surface area contributed by atoms with Gasteiger partial charge >= 0.3 is 0 Å². The Hall–Kier alpha value is -0.770. The maximum absolute atomic E-state index is 3.60. The minimum Gasteiger partial charge on any atom is -0.311 e. The van der Waals surface area contributed by atoms with Gasteiger partial charge in [0, 0.05) is 23.2 Å². The molecule has 1 nitrogen and oxygen atoms in total. The molecule has 1 N–H and O–H groups in total. The van der Waals surface area contributed by atoms with Crippen molar-refractivity contribution in [3.05, 3.63) is 46.7 Å². The average molecular weight is 289 g/mol. The third-order valence-electron chi connectivity index (χ3n) is 3.46. The summed E-state index contributed by atoms with van der Waals surface area (Å²) in [6.45, 7) is 2.16. The lowest BCUT2D eigenvalue weighted by Gasteiger charge is -2.08. The fraction of sp³-hybridized carbons (Fsp3) is 0.375. The molecule has 2 heterocycles. The molecule has 3 rings (SSSR count). The minimum absolute atomic E-state index is 0.841. The summed E-state index contributed by atoms with van der Waals surface area (Å²) in [5.74, 6) is 1.35. The predicted molar refractivity (Wildman–Crippen MR) is 86.9 cm³/mol. The Kier molecular flexibility index (Phi) is 4.59. The van der Waals surface area contributed by atoms with Crippen LogP contribution in [0.3, 0.4) is 0 Å². The van der Waals surface area contributed by atoms with Gasteiger partial charge in [-0.05, 0) is 41.2 Å². The summed E-state index contributed by atoms with van der Waals surface area (Å²) in [6.07, 6.45) is 2.78. The predicted octanol–water partition coefficient (Wildman–Crippen LogP) is 4.40. The molecule has 1 fully saturated rings. The summed E-state index contributed by atoms with van der Waals surface area (Å²) in [4.78, 5) is 1.43. The summed E-state index contributed by atoms with van der Waals surface area (Å²) < 4.78 is 0. The normalized spacial score (nSPS) is 18.8. The highest BCUT2D eigenvalue weighted by Gasteiger charge is 2.14. The van der Waals surface area contributed by atoms with Crippen LogP contribution in [0.5, 0.6) is 0 Å². The van der Waals surface area contributed by atoms with Crippen LogP contribution in [-0.4, -0.2) is 17.5 Å². The van der Waals surface area contributed by atoms with Gasteiger partial charge in [0.25, 0.3) is 0 Å². The molecule has 1 aliphatic heterocycles. The van der Waals surface area contributed by atoms with Crippen LogP contribution in [0.4, 0.5) is 0 Å². The van der Waals surface area contributed by atoms with Crippen molar-refractivity contribution in [2.45, 2.75) is 24.6 Å². The van der Waals surface area contributed by atoms with Gasteiger partial charge in [-0.25, -0.2) is 0 Å². The van der Waals surface area contributed by atoms with Gasteiger partial charge in [-0.1, -0.05) is 30.3 Å². The molecule has 1 aliphatic rings. The van der Waals surface area contributed by atoms with E-state index in [1.807, 2.05) is 11.3 Å². The Balaban J connectivity index is 1.53. The van der Waals surface area contributed by atoms with Crippen molar-refractivity contribution in [2.75, 3.05) is 12.3 Å². The third kappa shape index (κ3) is 3.62. The standard InChI is InChI=1S/C16H19NS2/c1-2-5-13(6-3-1)14-9-16(19-12-14)11-17-10-15-7-4-8-18-15/h1-3,5-6,9,12,15,17H,4,7-8,10-11H2. The molecule has 0 spiro atoms. The Morgan fingerprint density at radius 1 is 1.16 bits per heavy atom. The molecule has 0 amide bonds. The molecule has 100 valence electrons. The van der Waals surface area contributed by atoms with Crippen molar-refractivity contribution in [2.24, 2.45) is 0 Å². The van der Waals surface area contributed by atoms with E-state index in [0.717, 1.165) is 18.3 Å². The first-order chi connectivity index (χ1) is 9.42. The molecule has 0 saturated carbocycles. The van der Waals surface area contributed by atoms with E-state index >= 15 is 0 Å². The first-order valence-corrected chi connectivity index (χ1v) is 8.80. The van der Waals surface area contributed by atoms with Gasteiger partial charge < -0.3 is 5.32 Å². The van der Waals surface area contributed by atoms with Crippen molar-refractivity contribution in [3.63, 3.8) is 0 Å². The molecule has 0 aliphatic carbocycles. The molecule has 3 heteroatoms. The summed E-state index contributed by atoms with van der Waals surface area (Å²) >= 11 is 3.98.